The van der Waals surface area contributed by atoms with Crippen LogP contribution in [0.25, 0.3) is 0 Å². The molecule has 130 valence electrons. The van der Waals surface area contributed by atoms with Crippen molar-refractivity contribution in [2.75, 3.05) is 20.1 Å². The summed E-state index contributed by atoms with van der Waals surface area (Å²) in [6.07, 6.45) is 20.6. The number of aliphatic imine (C=N–C) groups is 1. The second-order valence-electron chi connectivity index (χ2n) is 6.56. The molecule has 24 heavy (non-hydrogen) atoms. The highest BCUT2D eigenvalue weighted by Gasteiger charge is 2.15. The van der Waals surface area contributed by atoms with Crippen molar-refractivity contribution in [1.29, 1.82) is 0 Å². The minimum Gasteiger partial charge on any atom is -0.312 e. The number of rotatable bonds is 7. The van der Waals surface area contributed by atoms with Gasteiger partial charge in [-0.1, -0.05) is 36.0 Å². The van der Waals surface area contributed by atoms with Crippen molar-refractivity contribution >= 4 is 5.71 Å². The fourth-order valence-electron chi connectivity index (χ4n) is 3.41. The van der Waals surface area contributed by atoms with Crippen LogP contribution in [0.1, 0.15) is 52.4 Å². The van der Waals surface area contributed by atoms with Gasteiger partial charge in [0.05, 0.1) is 5.71 Å². The van der Waals surface area contributed by atoms with Gasteiger partial charge in [0, 0.05) is 13.6 Å². The maximum absolute atomic E-state index is 4.49. The van der Waals surface area contributed by atoms with Gasteiger partial charge >= 0.3 is 0 Å². The summed E-state index contributed by atoms with van der Waals surface area (Å²) < 4.78 is 0. The van der Waals surface area contributed by atoms with E-state index in [1.807, 2.05) is 7.05 Å². The van der Waals surface area contributed by atoms with Crippen LogP contribution in [0.4, 0.5) is 0 Å². The van der Waals surface area contributed by atoms with Gasteiger partial charge in [0.15, 0.2) is 0 Å². The molecule has 1 aliphatic carbocycles. The number of nitrogens with one attached hydrogen (secondary N) is 1. The van der Waals surface area contributed by atoms with Crippen LogP contribution in [-0.2, 0) is 0 Å². The van der Waals surface area contributed by atoms with Gasteiger partial charge in [-0.05, 0) is 81.7 Å². The number of hydrogen-bond acceptors (Lipinski definition) is 2. The van der Waals surface area contributed by atoms with Gasteiger partial charge in [0.1, 0.15) is 0 Å². The highest BCUT2D eigenvalue weighted by molar-refractivity contribution is 6.11. The second-order valence-corrected chi connectivity index (χ2v) is 6.56. The van der Waals surface area contributed by atoms with Gasteiger partial charge in [0.25, 0.3) is 0 Å². The summed E-state index contributed by atoms with van der Waals surface area (Å²) in [5, 5.41) is 3.42. The van der Waals surface area contributed by atoms with Crippen LogP contribution in [0.2, 0.25) is 0 Å². The Hall–Kier alpha value is -1.67. The zero-order valence-corrected chi connectivity index (χ0v) is 15.6. The van der Waals surface area contributed by atoms with Gasteiger partial charge in [0.2, 0.25) is 0 Å². The molecule has 0 spiro atoms. The van der Waals surface area contributed by atoms with Crippen LogP contribution in [0.3, 0.4) is 0 Å². The smallest absolute Gasteiger partial charge is 0.0639 e. The molecule has 0 amide bonds. The predicted octanol–water partition coefficient (Wildman–Crippen LogP) is 5.32. The van der Waals surface area contributed by atoms with E-state index in [-0.39, 0.29) is 0 Å². The molecule has 0 atom stereocenters. The lowest BCUT2D eigenvalue weighted by Crippen LogP contribution is -2.21. The lowest BCUT2D eigenvalue weighted by Gasteiger charge is -2.20. The summed E-state index contributed by atoms with van der Waals surface area (Å²) in [6, 6.07) is 0. The van der Waals surface area contributed by atoms with Crippen molar-refractivity contribution < 1.29 is 0 Å². The third-order valence-corrected chi connectivity index (χ3v) is 4.74. The predicted molar refractivity (Wildman–Crippen MR) is 107 cm³/mol. The zero-order chi connectivity index (χ0) is 17.2. The fraction of sp³-hybridized carbons (Fsp3) is 0.500. The molecular weight excluding hydrogens is 292 g/mol. The van der Waals surface area contributed by atoms with Gasteiger partial charge < -0.3 is 5.32 Å². The third kappa shape index (κ3) is 5.45. The molecule has 0 aromatic heterocycles. The van der Waals surface area contributed by atoms with Crippen LogP contribution in [-0.4, -0.2) is 25.8 Å². The van der Waals surface area contributed by atoms with E-state index < -0.39 is 0 Å². The van der Waals surface area contributed by atoms with Gasteiger partial charge in [-0.15, -0.1) is 0 Å². The minimum absolute atomic E-state index is 1.02. The lowest BCUT2D eigenvalue weighted by molar-refractivity contribution is 0.711. The summed E-state index contributed by atoms with van der Waals surface area (Å²) in [5.41, 5.74) is 6.99. The van der Waals surface area contributed by atoms with E-state index in [0.717, 1.165) is 44.5 Å². The third-order valence-electron chi connectivity index (χ3n) is 4.74. The highest BCUT2D eigenvalue weighted by Crippen LogP contribution is 2.30. The standard InChI is InChI=1S/C22H32N2/c1-4-10-22(23-3)21-15-8-11-18(2)20(21)14-7-5-6-12-19-13-9-16-24-17-19/h4,6,10,12-13,15,24H,5,7-9,11,14,16-17H2,1-3H3/b10-4-,12-6-,23-22?. The zero-order valence-electron chi connectivity index (χ0n) is 15.6. The molecule has 0 aromatic rings. The van der Waals surface area contributed by atoms with Crippen LogP contribution in [0.5, 0.6) is 0 Å². The lowest BCUT2D eigenvalue weighted by atomic mass is 9.85. The van der Waals surface area contributed by atoms with Gasteiger partial charge in [-0.3, -0.25) is 4.99 Å². The molecule has 1 N–H and O–H groups in total. The molecular formula is C22H32N2. The molecule has 0 unspecified atom stereocenters. The van der Waals surface area contributed by atoms with E-state index in [9.17, 15) is 0 Å². The Morgan fingerprint density at radius 3 is 2.88 bits per heavy atom. The summed E-state index contributed by atoms with van der Waals surface area (Å²) in [6.45, 7) is 6.49. The number of allylic oxidation sites excluding steroid dienone is 7. The Morgan fingerprint density at radius 2 is 2.17 bits per heavy atom. The Labute approximate surface area is 147 Å². The number of hydrogen-bond donors (Lipinski definition) is 1. The van der Waals surface area contributed by atoms with Crippen LogP contribution in [0.15, 0.2) is 63.7 Å². The van der Waals surface area contributed by atoms with Gasteiger partial charge in [-0.25, -0.2) is 0 Å². The van der Waals surface area contributed by atoms with Crippen molar-refractivity contribution in [3.8, 4) is 0 Å². The van der Waals surface area contributed by atoms with E-state index in [4.69, 9.17) is 0 Å². The quantitative estimate of drug-likeness (QED) is 0.497. The number of nitrogens with zero attached hydrogens (tertiary/aromatic N) is 1. The van der Waals surface area contributed by atoms with Crippen molar-refractivity contribution in [3.05, 3.63) is 58.7 Å². The molecule has 1 heterocycles. The van der Waals surface area contributed by atoms with Crippen molar-refractivity contribution in [1.82, 2.24) is 5.32 Å². The van der Waals surface area contributed by atoms with Gasteiger partial charge in [-0.2, -0.15) is 0 Å². The van der Waals surface area contributed by atoms with Crippen LogP contribution in [0, 0.1) is 0 Å². The first-order chi connectivity index (χ1) is 11.8. The van der Waals surface area contributed by atoms with E-state index >= 15 is 0 Å². The molecule has 0 aromatic carbocycles. The Bertz CT molecular complexity index is 597. The molecule has 2 nitrogen and oxygen atoms in total. The van der Waals surface area contributed by atoms with Crippen LogP contribution >= 0.6 is 0 Å². The van der Waals surface area contributed by atoms with E-state index in [2.05, 4.69) is 60.6 Å². The molecule has 2 rings (SSSR count). The largest absolute Gasteiger partial charge is 0.312 e. The summed E-state index contributed by atoms with van der Waals surface area (Å²) in [5.74, 6) is 0. The summed E-state index contributed by atoms with van der Waals surface area (Å²) in [4.78, 5) is 4.49. The van der Waals surface area contributed by atoms with Crippen LogP contribution < -0.4 is 5.32 Å². The van der Waals surface area contributed by atoms with Crippen molar-refractivity contribution in [2.24, 2.45) is 4.99 Å². The second kappa shape index (κ2) is 10.2. The molecule has 0 radical (unpaired) electrons. The summed E-state index contributed by atoms with van der Waals surface area (Å²) in [7, 11) is 1.90. The molecule has 2 aliphatic rings. The molecule has 1 aliphatic heterocycles. The Balaban J connectivity index is 1.92. The first-order valence-electron chi connectivity index (χ1n) is 9.31. The molecule has 0 saturated heterocycles. The average molecular weight is 325 g/mol. The average Bonchev–Trinajstić information content (AvgIpc) is 2.61. The Morgan fingerprint density at radius 1 is 1.29 bits per heavy atom. The normalized spacial score (nSPS) is 20.0. The minimum atomic E-state index is 1.02. The number of unbranched alkanes of at least 4 members (excludes halogenated alkanes) is 1. The van der Waals surface area contributed by atoms with Crippen molar-refractivity contribution in [2.45, 2.75) is 52.4 Å². The first-order valence-corrected chi connectivity index (χ1v) is 9.31. The molecule has 0 saturated carbocycles. The van der Waals surface area contributed by atoms with Crippen molar-refractivity contribution in [3.63, 3.8) is 0 Å². The van der Waals surface area contributed by atoms with E-state index in [1.54, 1.807) is 5.57 Å². The SMILES string of the molecule is C/C=C\C(=NC)C1=CCCC(C)=C1CCC/C=C\C1=CCCNC1. The maximum Gasteiger partial charge on any atom is 0.0639 e. The fourth-order valence-corrected chi connectivity index (χ4v) is 3.41. The Kier molecular flexibility index (Phi) is 7.97. The maximum atomic E-state index is 4.49. The first kappa shape index (κ1) is 18.7. The summed E-state index contributed by atoms with van der Waals surface area (Å²) >= 11 is 0. The molecule has 0 fully saturated rings. The molecule has 0 bridgehead atoms. The molecule has 2 heteroatoms. The van der Waals surface area contributed by atoms with E-state index in [0.29, 0.717) is 0 Å². The highest BCUT2D eigenvalue weighted by atomic mass is 14.9. The van der Waals surface area contributed by atoms with E-state index in [1.165, 1.54) is 29.6 Å². The monoisotopic (exact) mass is 324 g/mol. The topological polar surface area (TPSA) is 24.4 Å².